The van der Waals surface area contributed by atoms with Crippen molar-refractivity contribution in [2.24, 2.45) is 5.92 Å². The molecule has 0 radical (unpaired) electrons. The van der Waals surface area contributed by atoms with E-state index in [1.54, 1.807) is 0 Å². The number of aliphatic hydroxyl groups excluding tert-OH is 3. The van der Waals surface area contributed by atoms with Gasteiger partial charge >= 0.3 is 5.97 Å². The molecule has 1 aliphatic carbocycles. The number of para-hydroxylation sites is 1. The fourth-order valence-electron chi connectivity index (χ4n) is 3.74. The zero-order chi connectivity index (χ0) is 21.1. The predicted octanol–water partition coefficient (Wildman–Crippen LogP) is 2.78. The number of hydrogen-bond donors (Lipinski definition) is 3. The number of carbonyl (C=O) groups excluding carboxylic acids is 1. The zero-order valence-corrected chi connectivity index (χ0v) is 17.9. The number of benzene rings is 1. The molecule has 29 heavy (non-hydrogen) atoms. The second kappa shape index (κ2) is 13.1. The minimum Gasteiger partial charge on any atom is -0.491 e. The number of rotatable bonds is 13. The molecule has 1 aliphatic rings. The number of hydrogen-bond acceptors (Lipinski definition) is 7. The van der Waals surface area contributed by atoms with Crippen LogP contribution in [0.2, 0.25) is 0 Å². The van der Waals surface area contributed by atoms with Crippen LogP contribution in [0.1, 0.15) is 44.9 Å². The Labute approximate surface area is 177 Å². The Bertz CT molecular complexity index is 584. The van der Waals surface area contributed by atoms with E-state index in [0.29, 0.717) is 18.6 Å². The predicted molar refractivity (Wildman–Crippen MR) is 114 cm³/mol. The molecule has 6 nitrogen and oxygen atoms in total. The van der Waals surface area contributed by atoms with Crippen molar-refractivity contribution in [3.05, 3.63) is 30.3 Å². The van der Waals surface area contributed by atoms with E-state index in [4.69, 9.17) is 4.74 Å². The normalized spacial score (nSPS) is 25.0. The summed E-state index contributed by atoms with van der Waals surface area (Å²) in [6.45, 7) is 0.202. The lowest BCUT2D eigenvalue weighted by Gasteiger charge is -2.24. The Morgan fingerprint density at radius 1 is 1.14 bits per heavy atom. The van der Waals surface area contributed by atoms with Crippen LogP contribution in [0, 0.1) is 5.92 Å². The first-order valence-electron chi connectivity index (χ1n) is 10.4. The summed E-state index contributed by atoms with van der Waals surface area (Å²) in [6.07, 6.45) is 3.69. The summed E-state index contributed by atoms with van der Waals surface area (Å²) < 4.78 is 10.2. The number of esters is 1. The van der Waals surface area contributed by atoms with Gasteiger partial charge in [0.15, 0.2) is 0 Å². The molecule has 3 unspecified atom stereocenters. The molecule has 164 valence electrons. The molecule has 5 atom stereocenters. The highest BCUT2D eigenvalue weighted by Gasteiger charge is 2.41. The van der Waals surface area contributed by atoms with Gasteiger partial charge in [0.2, 0.25) is 0 Å². The minimum absolute atomic E-state index is 0.0258. The lowest BCUT2D eigenvalue weighted by Crippen LogP contribution is -2.28. The smallest absolute Gasteiger partial charge is 0.305 e. The van der Waals surface area contributed by atoms with Gasteiger partial charge in [-0.3, -0.25) is 4.79 Å². The number of ether oxygens (including phenoxy) is 2. The van der Waals surface area contributed by atoms with Gasteiger partial charge in [-0.2, -0.15) is 11.8 Å². The topological polar surface area (TPSA) is 96.2 Å². The summed E-state index contributed by atoms with van der Waals surface area (Å²) in [5, 5.41) is 30.8. The van der Waals surface area contributed by atoms with Gasteiger partial charge in [0, 0.05) is 23.8 Å². The molecule has 0 aromatic heterocycles. The maximum absolute atomic E-state index is 11.1. The lowest BCUT2D eigenvalue weighted by molar-refractivity contribution is -0.140. The summed E-state index contributed by atoms with van der Waals surface area (Å²) >= 11 is 1.52. The van der Waals surface area contributed by atoms with Crippen LogP contribution in [0.5, 0.6) is 5.75 Å². The molecule has 1 fully saturated rings. The van der Waals surface area contributed by atoms with E-state index in [1.165, 1.54) is 18.9 Å². The third-order valence-corrected chi connectivity index (χ3v) is 6.97. The monoisotopic (exact) mass is 426 g/mol. The molecule has 3 N–H and O–H groups in total. The number of aliphatic hydroxyl groups is 3. The maximum atomic E-state index is 11.1. The summed E-state index contributed by atoms with van der Waals surface area (Å²) in [7, 11) is 1.40. The quantitative estimate of drug-likeness (QED) is 0.330. The second-order valence-corrected chi connectivity index (χ2v) is 8.85. The summed E-state index contributed by atoms with van der Waals surface area (Å²) in [5.41, 5.74) is 0. The zero-order valence-electron chi connectivity index (χ0n) is 17.1. The van der Waals surface area contributed by atoms with E-state index < -0.39 is 18.3 Å². The van der Waals surface area contributed by atoms with Crippen molar-refractivity contribution in [2.45, 2.75) is 68.5 Å². The third-order valence-electron chi connectivity index (χ3n) is 5.34. The first-order valence-corrected chi connectivity index (χ1v) is 11.5. The van der Waals surface area contributed by atoms with E-state index in [-0.39, 0.29) is 23.7 Å². The van der Waals surface area contributed by atoms with E-state index in [1.807, 2.05) is 30.3 Å². The van der Waals surface area contributed by atoms with Gasteiger partial charge in [0.1, 0.15) is 12.4 Å². The minimum atomic E-state index is -0.635. The van der Waals surface area contributed by atoms with E-state index in [2.05, 4.69) is 4.74 Å². The van der Waals surface area contributed by atoms with Crippen LogP contribution in [0.25, 0.3) is 0 Å². The lowest BCUT2D eigenvalue weighted by atomic mass is 9.97. The third kappa shape index (κ3) is 8.54. The first-order chi connectivity index (χ1) is 14.0. The van der Waals surface area contributed by atoms with E-state index in [9.17, 15) is 20.1 Å². The number of carbonyl (C=O) groups is 1. The van der Waals surface area contributed by atoms with Crippen LogP contribution in [0.4, 0.5) is 0 Å². The van der Waals surface area contributed by atoms with Gasteiger partial charge in [-0.1, -0.05) is 37.5 Å². The molecule has 0 spiro atoms. The number of methoxy groups -OCH3 is 1. The summed E-state index contributed by atoms with van der Waals surface area (Å²) in [5.74, 6) is 1.03. The van der Waals surface area contributed by atoms with Gasteiger partial charge in [-0.15, -0.1) is 0 Å². The second-order valence-electron chi connectivity index (χ2n) is 7.64. The molecule has 1 aromatic carbocycles. The largest absolute Gasteiger partial charge is 0.491 e. The molecule has 0 amide bonds. The Morgan fingerprint density at radius 3 is 2.59 bits per heavy atom. The Morgan fingerprint density at radius 2 is 1.86 bits per heavy atom. The van der Waals surface area contributed by atoms with Crippen LogP contribution >= 0.6 is 11.8 Å². The molecule has 1 saturated carbocycles. The molecule has 0 bridgehead atoms. The average Bonchev–Trinajstić information content (AvgIpc) is 3.00. The molecule has 1 aromatic rings. The van der Waals surface area contributed by atoms with Gasteiger partial charge in [0.05, 0.1) is 25.4 Å². The Hall–Kier alpha value is -1.28. The van der Waals surface area contributed by atoms with Crippen LogP contribution < -0.4 is 4.74 Å². The average molecular weight is 427 g/mol. The van der Waals surface area contributed by atoms with Crippen LogP contribution in [0.3, 0.4) is 0 Å². The van der Waals surface area contributed by atoms with Gasteiger partial charge in [0.25, 0.3) is 0 Å². The van der Waals surface area contributed by atoms with Crippen LogP contribution in [-0.2, 0) is 9.53 Å². The maximum Gasteiger partial charge on any atom is 0.305 e. The van der Waals surface area contributed by atoms with E-state index >= 15 is 0 Å². The molecular weight excluding hydrogens is 392 g/mol. The highest BCUT2D eigenvalue weighted by atomic mass is 32.2. The fraction of sp³-hybridized carbons (Fsp3) is 0.682. The standard InChI is InChI=1S/C22H34O6S/c1-27-21(26)12-8-3-2-7-11-18-19(24)13-20(25)22(18)29-15-16(23)14-28-17-9-5-4-6-10-17/h4-6,9-10,16,18-20,22-25H,2-3,7-8,11-15H2,1H3/t16?,18-,19?,20?,22+/m0/s1. The van der Waals surface area contributed by atoms with Crippen molar-refractivity contribution in [2.75, 3.05) is 19.5 Å². The van der Waals surface area contributed by atoms with E-state index in [0.717, 1.165) is 37.9 Å². The van der Waals surface area contributed by atoms with Gasteiger partial charge in [-0.05, 0) is 30.9 Å². The number of thioether (sulfide) groups is 1. The van der Waals surface area contributed by atoms with Crippen LogP contribution in [0.15, 0.2) is 30.3 Å². The highest BCUT2D eigenvalue weighted by Crippen LogP contribution is 2.39. The Balaban J connectivity index is 1.67. The van der Waals surface area contributed by atoms with Crippen molar-refractivity contribution in [1.82, 2.24) is 0 Å². The Kier molecular flexibility index (Phi) is 10.8. The first kappa shape index (κ1) is 24.0. The SMILES string of the molecule is COC(=O)CCCCCC[C@H]1C(O)CC(O)[C@@H]1SCC(O)COc1ccccc1. The van der Waals surface area contributed by atoms with Crippen molar-refractivity contribution >= 4 is 17.7 Å². The highest BCUT2D eigenvalue weighted by molar-refractivity contribution is 8.00. The van der Waals surface area contributed by atoms with Crippen LogP contribution in [-0.4, -0.2) is 64.3 Å². The van der Waals surface area contributed by atoms with Crippen molar-refractivity contribution in [1.29, 1.82) is 0 Å². The molecular formula is C22H34O6S. The molecule has 0 saturated heterocycles. The molecule has 7 heteroatoms. The van der Waals surface area contributed by atoms with Crippen molar-refractivity contribution in [3.8, 4) is 5.75 Å². The van der Waals surface area contributed by atoms with Crippen molar-refractivity contribution < 1.29 is 29.6 Å². The van der Waals surface area contributed by atoms with Gasteiger partial charge in [-0.25, -0.2) is 0 Å². The molecule has 2 rings (SSSR count). The summed E-state index contributed by atoms with van der Waals surface area (Å²) in [6, 6.07) is 9.36. The van der Waals surface area contributed by atoms with Crippen molar-refractivity contribution in [3.63, 3.8) is 0 Å². The number of unbranched alkanes of at least 4 members (excludes halogenated alkanes) is 3. The fourth-order valence-corrected chi connectivity index (χ4v) is 5.17. The molecule has 0 heterocycles. The van der Waals surface area contributed by atoms with Gasteiger partial charge < -0.3 is 24.8 Å². The molecule has 0 aliphatic heterocycles. The summed E-state index contributed by atoms with van der Waals surface area (Å²) in [4.78, 5) is 11.1.